The van der Waals surface area contributed by atoms with Crippen molar-refractivity contribution in [1.82, 2.24) is 4.90 Å². The van der Waals surface area contributed by atoms with Crippen LogP contribution in [-0.4, -0.2) is 54.2 Å². The third-order valence-electron chi connectivity index (χ3n) is 6.00. The van der Waals surface area contributed by atoms with Crippen molar-refractivity contribution in [3.8, 4) is 11.5 Å². The number of carboxylic acids is 1. The van der Waals surface area contributed by atoms with Crippen molar-refractivity contribution in [3.63, 3.8) is 0 Å². The van der Waals surface area contributed by atoms with E-state index in [4.69, 9.17) is 26.2 Å². The lowest BCUT2D eigenvalue weighted by Gasteiger charge is -2.23. The lowest BCUT2D eigenvalue weighted by Crippen LogP contribution is -2.37. The summed E-state index contributed by atoms with van der Waals surface area (Å²) in [6.07, 6.45) is 2.07. The zero-order valence-corrected chi connectivity index (χ0v) is 21.5. The Bertz CT molecular complexity index is 1310. The molecule has 1 saturated carbocycles. The first kappa shape index (κ1) is 26.8. The summed E-state index contributed by atoms with van der Waals surface area (Å²) < 4.78 is 11.2. The molecule has 198 valence electrons. The number of hydrogen-bond donors (Lipinski definition) is 3. The van der Waals surface area contributed by atoms with Crippen molar-refractivity contribution < 1.29 is 29.0 Å². The number of aromatic carboxylic acids is 1. The molecular weight excluding hydrogens is 510 g/mol. The number of halogens is 1. The minimum atomic E-state index is -0.997. The van der Waals surface area contributed by atoms with Gasteiger partial charge in [-0.3, -0.25) is 4.79 Å². The molecule has 4 rings (SSSR count). The van der Waals surface area contributed by atoms with Crippen LogP contribution in [0.4, 0.5) is 16.2 Å². The molecule has 0 bridgehead atoms. The summed E-state index contributed by atoms with van der Waals surface area (Å²) in [5, 5.41) is 14.9. The Hall–Kier alpha value is -4.24. The van der Waals surface area contributed by atoms with Crippen LogP contribution in [-0.2, 0) is 11.2 Å². The number of rotatable bonds is 11. The second-order valence-electron chi connectivity index (χ2n) is 8.77. The van der Waals surface area contributed by atoms with Gasteiger partial charge < -0.3 is 30.1 Å². The molecule has 0 heterocycles. The van der Waals surface area contributed by atoms with E-state index >= 15 is 0 Å². The van der Waals surface area contributed by atoms with Crippen LogP contribution in [0.3, 0.4) is 0 Å². The second kappa shape index (κ2) is 12.3. The Morgan fingerprint density at radius 1 is 1.00 bits per heavy atom. The van der Waals surface area contributed by atoms with E-state index in [9.17, 15) is 14.4 Å². The van der Waals surface area contributed by atoms with Crippen LogP contribution in [0.2, 0.25) is 5.02 Å². The van der Waals surface area contributed by atoms with Crippen molar-refractivity contribution in [2.45, 2.75) is 25.3 Å². The van der Waals surface area contributed by atoms with E-state index in [2.05, 4.69) is 10.6 Å². The van der Waals surface area contributed by atoms with E-state index in [0.29, 0.717) is 41.0 Å². The molecular formula is C28H28ClN3O6. The highest BCUT2D eigenvalue weighted by Gasteiger charge is 2.32. The van der Waals surface area contributed by atoms with Gasteiger partial charge in [0.05, 0.1) is 42.0 Å². The molecule has 0 unspecified atom stereocenters. The van der Waals surface area contributed by atoms with Gasteiger partial charge in [-0.25, -0.2) is 9.59 Å². The van der Waals surface area contributed by atoms with Crippen molar-refractivity contribution in [2.24, 2.45) is 0 Å². The van der Waals surface area contributed by atoms with Crippen LogP contribution >= 0.6 is 11.6 Å². The number of carboxylic acid groups (broad SMARTS) is 1. The Morgan fingerprint density at radius 3 is 2.37 bits per heavy atom. The first-order chi connectivity index (χ1) is 18.3. The predicted octanol–water partition coefficient (Wildman–Crippen LogP) is 5.30. The maximum Gasteiger partial charge on any atom is 0.335 e. The lowest BCUT2D eigenvalue weighted by atomic mass is 10.1. The minimum Gasteiger partial charge on any atom is -0.495 e. The SMILES string of the molecule is COc1cc(CC(=O)N(CCOc2ccc(C(=O)O)cc2)C2CC2)ccc1NC(=O)Nc1ccccc1Cl. The highest BCUT2D eigenvalue weighted by atomic mass is 35.5. The van der Waals surface area contributed by atoms with Gasteiger partial charge in [0.2, 0.25) is 5.91 Å². The maximum absolute atomic E-state index is 13.1. The Morgan fingerprint density at radius 2 is 1.71 bits per heavy atom. The van der Waals surface area contributed by atoms with Crippen LogP contribution in [0.1, 0.15) is 28.8 Å². The molecule has 0 saturated heterocycles. The maximum atomic E-state index is 13.1. The zero-order valence-electron chi connectivity index (χ0n) is 20.8. The largest absolute Gasteiger partial charge is 0.495 e. The molecule has 38 heavy (non-hydrogen) atoms. The summed E-state index contributed by atoms with van der Waals surface area (Å²) in [5.74, 6) is -0.0558. The third-order valence-corrected chi connectivity index (χ3v) is 6.33. The number of hydrogen-bond acceptors (Lipinski definition) is 5. The van der Waals surface area contributed by atoms with E-state index < -0.39 is 12.0 Å². The highest BCUT2D eigenvalue weighted by molar-refractivity contribution is 6.33. The lowest BCUT2D eigenvalue weighted by molar-refractivity contribution is -0.131. The fraction of sp³-hybridized carbons (Fsp3) is 0.250. The topological polar surface area (TPSA) is 117 Å². The molecule has 10 heteroatoms. The molecule has 3 aromatic rings. The summed E-state index contributed by atoms with van der Waals surface area (Å²) in [6.45, 7) is 0.713. The van der Waals surface area contributed by atoms with Crippen LogP contribution in [0.5, 0.6) is 11.5 Å². The number of nitrogens with zero attached hydrogens (tertiary/aromatic N) is 1. The van der Waals surface area contributed by atoms with E-state index in [1.807, 2.05) is 4.90 Å². The average Bonchev–Trinajstić information content (AvgIpc) is 3.74. The zero-order chi connectivity index (χ0) is 27.1. The van der Waals surface area contributed by atoms with E-state index in [0.717, 1.165) is 18.4 Å². The van der Waals surface area contributed by atoms with Crippen molar-refractivity contribution in [3.05, 3.63) is 82.9 Å². The van der Waals surface area contributed by atoms with Crippen LogP contribution in [0.25, 0.3) is 0 Å². The normalized spacial score (nSPS) is 12.4. The van der Waals surface area contributed by atoms with E-state index in [1.165, 1.54) is 19.2 Å². The molecule has 1 fully saturated rings. The van der Waals surface area contributed by atoms with Crippen molar-refractivity contribution in [2.75, 3.05) is 30.9 Å². The van der Waals surface area contributed by atoms with Crippen LogP contribution in [0.15, 0.2) is 66.7 Å². The van der Waals surface area contributed by atoms with Gasteiger partial charge in [-0.05, 0) is 66.9 Å². The number of amides is 3. The number of methoxy groups -OCH3 is 1. The monoisotopic (exact) mass is 537 g/mol. The molecule has 3 N–H and O–H groups in total. The summed E-state index contributed by atoms with van der Waals surface area (Å²) in [7, 11) is 1.49. The molecule has 0 aromatic heterocycles. The summed E-state index contributed by atoms with van der Waals surface area (Å²) in [5.41, 5.74) is 1.87. The number of urea groups is 1. The second-order valence-corrected chi connectivity index (χ2v) is 9.17. The van der Waals surface area contributed by atoms with Gasteiger partial charge in [0.1, 0.15) is 18.1 Å². The number of para-hydroxylation sites is 1. The van der Waals surface area contributed by atoms with Crippen LogP contribution in [0, 0.1) is 0 Å². The van der Waals surface area contributed by atoms with Crippen molar-refractivity contribution >= 4 is 40.9 Å². The van der Waals surface area contributed by atoms with Gasteiger partial charge in [0.15, 0.2) is 0 Å². The van der Waals surface area contributed by atoms with Gasteiger partial charge in [-0.1, -0.05) is 29.8 Å². The van der Waals surface area contributed by atoms with Gasteiger partial charge in [0.25, 0.3) is 0 Å². The van der Waals surface area contributed by atoms with Gasteiger partial charge in [0, 0.05) is 6.04 Å². The number of benzene rings is 3. The smallest absolute Gasteiger partial charge is 0.335 e. The number of ether oxygens (including phenoxy) is 2. The molecule has 0 spiro atoms. The summed E-state index contributed by atoms with van der Waals surface area (Å²) in [4.78, 5) is 38.4. The summed E-state index contributed by atoms with van der Waals surface area (Å²) >= 11 is 6.10. The molecule has 1 aliphatic carbocycles. The first-order valence-electron chi connectivity index (χ1n) is 12.1. The average molecular weight is 538 g/mol. The van der Waals surface area contributed by atoms with E-state index in [1.54, 1.807) is 54.6 Å². The predicted molar refractivity (Wildman–Crippen MR) is 144 cm³/mol. The standard InChI is InChI=1S/C28H28ClN3O6/c1-37-25-16-18(6-13-24(25)31-28(36)30-23-5-3-2-4-22(23)29)17-26(33)32(20-9-10-20)14-15-38-21-11-7-19(8-12-21)27(34)35/h2-8,11-13,16,20H,9-10,14-15,17H2,1H3,(H,34,35)(H2,30,31,36). The number of carbonyl (C=O) groups is 3. The Labute approximate surface area is 225 Å². The molecule has 9 nitrogen and oxygen atoms in total. The number of anilines is 2. The van der Waals surface area contributed by atoms with Gasteiger partial charge in [-0.2, -0.15) is 0 Å². The highest BCUT2D eigenvalue weighted by Crippen LogP contribution is 2.30. The molecule has 3 aromatic carbocycles. The first-order valence-corrected chi connectivity index (χ1v) is 12.5. The van der Waals surface area contributed by atoms with E-state index in [-0.39, 0.29) is 23.9 Å². The number of carbonyl (C=O) groups excluding carboxylic acids is 2. The minimum absolute atomic E-state index is 0.0310. The fourth-order valence-corrected chi connectivity index (χ4v) is 4.10. The van der Waals surface area contributed by atoms with Gasteiger partial charge in [-0.15, -0.1) is 0 Å². The third kappa shape index (κ3) is 7.17. The molecule has 0 aliphatic heterocycles. The quantitative estimate of drug-likeness (QED) is 0.305. The Kier molecular flexibility index (Phi) is 8.70. The van der Waals surface area contributed by atoms with Crippen LogP contribution < -0.4 is 20.1 Å². The molecule has 0 radical (unpaired) electrons. The van der Waals surface area contributed by atoms with Crippen molar-refractivity contribution in [1.29, 1.82) is 0 Å². The summed E-state index contributed by atoms with van der Waals surface area (Å²) in [6, 6.07) is 18.0. The Balaban J connectivity index is 1.33. The van der Waals surface area contributed by atoms with Gasteiger partial charge >= 0.3 is 12.0 Å². The molecule has 0 atom stereocenters. The fourth-order valence-electron chi connectivity index (χ4n) is 3.92. The molecule has 3 amide bonds. The number of nitrogens with one attached hydrogen (secondary N) is 2. The molecule has 1 aliphatic rings.